The quantitative estimate of drug-likeness (QED) is 0.731. The fourth-order valence-electron chi connectivity index (χ4n) is 3.27. The lowest BCUT2D eigenvalue weighted by Crippen LogP contribution is -2.50. The molecule has 0 radical (unpaired) electrons. The Morgan fingerprint density at radius 1 is 1.16 bits per heavy atom. The van der Waals surface area contributed by atoms with E-state index in [1.807, 2.05) is 37.4 Å². The molecular formula is C17H27N3O4S. The first-order valence-corrected chi connectivity index (χ1v) is 10.2. The number of ether oxygens (including phenoxy) is 2. The molecule has 0 unspecified atom stereocenters. The molecule has 140 valence electrons. The minimum absolute atomic E-state index is 0.425. The van der Waals surface area contributed by atoms with Gasteiger partial charge in [0.05, 0.1) is 13.2 Å². The summed E-state index contributed by atoms with van der Waals surface area (Å²) in [5.74, 6) is -0.551. The van der Waals surface area contributed by atoms with Crippen LogP contribution >= 0.6 is 0 Å². The van der Waals surface area contributed by atoms with E-state index in [1.54, 1.807) is 0 Å². The van der Waals surface area contributed by atoms with E-state index in [0.29, 0.717) is 45.7 Å². The molecular weight excluding hydrogens is 342 g/mol. The van der Waals surface area contributed by atoms with Gasteiger partial charge in [-0.1, -0.05) is 18.2 Å². The zero-order valence-corrected chi connectivity index (χ0v) is 15.5. The molecule has 1 aromatic rings. The zero-order valence-electron chi connectivity index (χ0n) is 14.7. The molecule has 0 atom stereocenters. The second-order valence-electron chi connectivity index (χ2n) is 6.52. The fraction of sp³-hybridized carbons (Fsp3) is 0.647. The molecule has 2 saturated heterocycles. The van der Waals surface area contributed by atoms with Crippen LogP contribution in [0.2, 0.25) is 0 Å². The Morgan fingerprint density at radius 2 is 1.80 bits per heavy atom. The van der Waals surface area contributed by atoms with Crippen molar-refractivity contribution in [3.05, 3.63) is 30.3 Å². The fourth-order valence-corrected chi connectivity index (χ4v) is 4.52. The number of nitrogens with zero attached hydrogens (tertiary/aromatic N) is 2. The maximum Gasteiger partial charge on any atom is 0.279 e. The lowest BCUT2D eigenvalue weighted by Gasteiger charge is -2.36. The van der Waals surface area contributed by atoms with Crippen molar-refractivity contribution in [2.24, 2.45) is 0 Å². The van der Waals surface area contributed by atoms with Crippen LogP contribution in [0.25, 0.3) is 0 Å². The third kappa shape index (κ3) is 4.71. The lowest BCUT2D eigenvalue weighted by molar-refractivity contribution is -0.179. The number of rotatable bonds is 7. The van der Waals surface area contributed by atoms with E-state index in [2.05, 4.69) is 9.62 Å². The molecule has 8 heteroatoms. The van der Waals surface area contributed by atoms with Gasteiger partial charge in [-0.3, -0.25) is 0 Å². The highest BCUT2D eigenvalue weighted by molar-refractivity contribution is 7.87. The van der Waals surface area contributed by atoms with Crippen LogP contribution in [0.1, 0.15) is 19.3 Å². The van der Waals surface area contributed by atoms with Crippen LogP contribution in [0.15, 0.2) is 30.3 Å². The Bertz CT molecular complexity index is 637. The van der Waals surface area contributed by atoms with Crippen molar-refractivity contribution >= 4 is 15.9 Å². The molecule has 7 nitrogen and oxygen atoms in total. The summed E-state index contributed by atoms with van der Waals surface area (Å²) in [5.41, 5.74) is 1.13. The van der Waals surface area contributed by atoms with Gasteiger partial charge in [0.25, 0.3) is 10.2 Å². The van der Waals surface area contributed by atoms with Crippen molar-refractivity contribution in [2.45, 2.75) is 25.0 Å². The Balaban J connectivity index is 1.40. The summed E-state index contributed by atoms with van der Waals surface area (Å²) >= 11 is 0. The largest absolute Gasteiger partial charge is 0.375 e. The summed E-state index contributed by atoms with van der Waals surface area (Å²) < 4.78 is 40.3. The summed E-state index contributed by atoms with van der Waals surface area (Å²) in [6.45, 7) is 3.27. The maximum absolute atomic E-state index is 12.4. The lowest BCUT2D eigenvalue weighted by atomic mass is 10.1. The number of piperidine rings is 1. The average molecular weight is 369 g/mol. The van der Waals surface area contributed by atoms with Crippen LogP contribution in [-0.2, 0) is 19.7 Å². The van der Waals surface area contributed by atoms with Gasteiger partial charge in [-0.2, -0.15) is 12.7 Å². The van der Waals surface area contributed by atoms with Crippen molar-refractivity contribution in [3.8, 4) is 0 Å². The van der Waals surface area contributed by atoms with Crippen LogP contribution in [0, 0.1) is 0 Å². The highest BCUT2D eigenvalue weighted by Crippen LogP contribution is 2.31. The van der Waals surface area contributed by atoms with Crippen molar-refractivity contribution in [1.82, 2.24) is 9.03 Å². The van der Waals surface area contributed by atoms with Gasteiger partial charge in [-0.15, -0.1) is 0 Å². The van der Waals surface area contributed by atoms with Gasteiger partial charge in [0.2, 0.25) is 0 Å². The predicted octanol–water partition coefficient (Wildman–Crippen LogP) is 1.19. The minimum Gasteiger partial charge on any atom is -0.375 e. The number of para-hydroxylation sites is 1. The summed E-state index contributed by atoms with van der Waals surface area (Å²) in [6, 6.07) is 10.1. The van der Waals surface area contributed by atoms with Gasteiger partial charge in [-0.25, -0.2) is 4.72 Å². The number of benzene rings is 1. The highest BCUT2D eigenvalue weighted by atomic mass is 32.2. The van der Waals surface area contributed by atoms with Gasteiger partial charge in [-0.05, 0) is 18.6 Å². The van der Waals surface area contributed by atoms with E-state index in [9.17, 15) is 8.42 Å². The third-order valence-corrected chi connectivity index (χ3v) is 6.40. The first-order valence-electron chi connectivity index (χ1n) is 8.80. The Kier molecular flexibility index (Phi) is 5.96. The molecule has 25 heavy (non-hydrogen) atoms. The van der Waals surface area contributed by atoms with E-state index in [-0.39, 0.29) is 0 Å². The Hall–Kier alpha value is -1.19. The first kappa shape index (κ1) is 18.6. The number of hydrogen-bond acceptors (Lipinski definition) is 5. The molecule has 2 fully saturated rings. The van der Waals surface area contributed by atoms with Gasteiger partial charge in [0, 0.05) is 51.8 Å². The summed E-state index contributed by atoms with van der Waals surface area (Å²) in [6.07, 6.45) is 1.92. The highest BCUT2D eigenvalue weighted by Gasteiger charge is 2.42. The second-order valence-corrected chi connectivity index (χ2v) is 8.27. The van der Waals surface area contributed by atoms with E-state index in [1.165, 1.54) is 4.31 Å². The number of anilines is 1. The standard InChI is InChI=1S/C17H27N3O4S/c1-19(16-6-3-2-4-7-16)11-5-10-18-25(21,22)20-12-8-17(9-13-20)23-14-15-24-17/h2-4,6-7,18H,5,8-15H2,1H3. The van der Waals surface area contributed by atoms with E-state index >= 15 is 0 Å². The first-order chi connectivity index (χ1) is 12.0. The van der Waals surface area contributed by atoms with Crippen LogP contribution in [0.5, 0.6) is 0 Å². The molecule has 0 aromatic heterocycles. The van der Waals surface area contributed by atoms with Crippen LogP contribution in [0.4, 0.5) is 5.69 Å². The molecule has 0 amide bonds. The molecule has 0 bridgehead atoms. The predicted molar refractivity (Wildman–Crippen MR) is 96.7 cm³/mol. The summed E-state index contributed by atoms with van der Waals surface area (Å²) in [7, 11) is -1.43. The van der Waals surface area contributed by atoms with Gasteiger partial charge >= 0.3 is 0 Å². The molecule has 1 aromatic carbocycles. The smallest absolute Gasteiger partial charge is 0.279 e. The molecule has 3 rings (SSSR count). The molecule has 1 N–H and O–H groups in total. The van der Waals surface area contributed by atoms with E-state index in [4.69, 9.17) is 9.47 Å². The third-order valence-electron chi connectivity index (χ3n) is 4.79. The molecule has 0 saturated carbocycles. The second kappa shape index (κ2) is 8.01. The van der Waals surface area contributed by atoms with Crippen LogP contribution in [0.3, 0.4) is 0 Å². The van der Waals surface area contributed by atoms with E-state index < -0.39 is 16.0 Å². The van der Waals surface area contributed by atoms with Gasteiger partial charge in [0.1, 0.15) is 0 Å². The SMILES string of the molecule is CN(CCCNS(=O)(=O)N1CCC2(CC1)OCCO2)c1ccccc1. The molecule has 2 aliphatic heterocycles. The average Bonchev–Trinajstić information content (AvgIpc) is 3.07. The normalized spacial score (nSPS) is 20.8. The maximum atomic E-state index is 12.4. The Labute approximate surface area is 150 Å². The van der Waals surface area contributed by atoms with Crippen LogP contribution in [-0.4, -0.2) is 65.0 Å². The molecule has 2 aliphatic rings. The van der Waals surface area contributed by atoms with E-state index in [0.717, 1.165) is 18.7 Å². The van der Waals surface area contributed by atoms with Crippen molar-refractivity contribution in [2.75, 3.05) is 51.3 Å². The van der Waals surface area contributed by atoms with Gasteiger partial charge < -0.3 is 14.4 Å². The molecule has 0 aliphatic carbocycles. The zero-order chi connectivity index (χ0) is 17.8. The monoisotopic (exact) mass is 369 g/mol. The van der Waals surface area contributed by atoms with Crippen molar-refractivity contribution in [1.29, 1.82) is 0 Å². The molecule has 2 heterocycles. The summed E-state index contributed by atoms with van der Waals surface area (Å²) in [4.78, 5) is 2.12. The molecule has 1 spiro atoms. The topological polar surface area (TPSA) is 71.1 Å². The summed E-state index contributed by atoms with van der Waals surface area (Å²) in [5, 5.41) is 0. The van der Waals surface area contributed by atoms with Crippen molar-refractivity contribution in [3.63, 3.8) is 0 Å². The van der Waals surface area contributed by atoms with Crippen LogP contribution < -0.4 is 9.62 Å². The minimum atomic E-state index is -3.44. The van der Waals surface area contributed by atoms with Crippen molar-refractivity contribution < 1.29 is 17.9 Å². The number of nitrogens with one attached hydrogen (secondary N) is 1. The van der Waals surface area contributed by atoms with Gasteiger partial charge in [0.15, 0.2) is 5.79 Å². The number of hydrogen-bond donors (Lipinski definition) is 1. The Morgan fingerprint density at radius 3 is 2.44 bits per heavy atom.